The van der Waals surface area contributed by atoms with Gasteiger partial charge < -0.3 is 28.8 Å². The quantitative estimate of drug-likeness (QED) is 0.115. The number of nitrogens with zero attached hydrogens (tertiary/aromatic N) is 1. The second-order valence-corrected chi connectivity index (χ2v) is 12.1. The van der Waals surface area contributed by atoms with E-state index in [1.165, 1.54) is 25.3 Å². The maximum atomic E-state index is 13.7. The predicted molar refractivity (Wildman–Crippen MR) is 168 cm³/mol. The van der Waals surface area contributed by atoms with Crippen molar-refractivity contribution in [3.63, 3.8) is 0 Å². The van der Waals surface area contributed by atoms with E-state index in [4.69, 9.17) is 23.7 Å². The molecule has 1 aliphatic rings. The lowest BCUT2D eigenvalue weighted by molar-refractivity contribution is 0.0596. The van der Waals surface area contributed by atoms with Crippen LogP contribution in [0.25, 0.3) is 0 Å². The molecule has 0 unspecified atom stereocenters. The molecule has 0 bridgehead atoms. The number of para-hydroxylation sites is 2. The summed E-state index contributed by atoms with van der Waals surface area (Å²) in [4.78, 5) is 11.2. The summed E-state index contributed by atoms with van der Waals surface area (Å²) >= 11 is 0. The van der Waals surface area contributed by atoms with Crippen LogP contribution in [0, 0.1) is 0 Å². The molecule has 10 nitrogen and oxygen atoms in total. The highest BCUT2D eigenvalue weighted by Crippen LogP contribution is 2.39. The van der Waals surface area contributed by atoms with Crippen molar-refractivity contribution < 1.29 is 42.0 Å². The van der Waals surface area contributed by atoms with Gasteiger partial charge in [-0.05, 0) is 66.1 Å². The molecule has 0 fully saturated rings. The third-order valence-corrected chi connectivity index (χ3v) is 8.95. The van der Waals surface area contributed by atoms with Gasteiger partial charge in [-0.3, -0.25) is 0 Å². The second-order valence-electron chi connectivity index (χ2n) is 10.3. The number of rotatable bonds is 14. The molecular weight excluding hydrogens is 598 g/mol. The molecule has 5 rings (SSSR count). The van der Waals surface area contributed by atoms with Gasteiger partial charge in [0, 0.05) is 18.9 Å². The lowest BCUT2D eigenvalue weighted by Crippen LogP contribution is -2.40. The summed E-state index contributed by atoms with van der Waals surface area (Å²) in [6.45, 7) is 2.82. The first-order valence-corrected chi connectivity index (χ1v) is 16.1. The number of ether oxygens (including phenoxy) is 5. The van der Waals surface area contributed by atoms with Gasteiger partial charge in [-0.1, -0.05) is 49.7 Å². The Balaban J connectivity index is 1.21. The van der Waals surface area contributed by atoms with Crippen LogP contribution in [0.2, 0.25) is 0 Å². The van der Waals surface area contributed by atoms with Crippen molar-refractivity contribution in [2.75, 3.05) is 24.6 Å². The van der Waals surface area contributed by atoms with Gasteiger partial charge in [-0.15, -0.1) is 0 Å². The molecule has 1 aliphatic heterocycles. The number of methoxy groups -OCH3 is 1. The van der Waals surface area contributed by atoms with Crippen LogP contribution in [0.15, 0.2) is 95.9 Å². The predicted octanol–water partition coefficient (Wildman–Crippen LogP) is 7.06. The minimum absolute atomic E-state index is 0.0890. The van der Waals surface area contributed by atoms with Gasteiger partial charge >= 0.3 is 6.16 Å². The summed E-state index contributed by atoms with van der Waals surface area (Å²) in [6, 6.07) is 26.5. The Labute approximate surface area is 262 Å². The summed E-state index contributed by atoms with van der Waals surface area (Å²) in [5, 5.41) is 9.21. The zero-order valence-electron chi connectivity index (χ0n) is 25.0. The summed E-state index contributed by atoms with van der Waals surface area (Å²) in [7, 11) is -2.79. The van der Waals surface area contributed by atoms with E-state index in [1.807, 2.05) is 48.5 Å². The number of carboxylic acid groups (broad SMARTS) is 1. The van der Waals surface area contributed by atoms with Gasteiger partial charge in [0.25, 0.3) is 10.0 Å². The van der Waals surface area contributed by atoms with E-state index in [-0.39, 0.29) is 17.1 Å². The van der Waals surface area contributed by atoms with E-state index < -0.39 is 22.4 Å². The van der Waals surface area contributed by atoms with Gasteiger partial charge in [0.15, 0.2) is 17.7 Å². The zero-order valence-corrected chi connectivity index (χ0v) is 25.9. The fourth-order valence-corrected chi connectivity index (χ4v) is 6.72. The Bertz CT molecular complexity index is 1730. The number of carbonyl (C=O) groups is 1. The molecule has 0 saturated heterocycles. The average Bonchev–Trinajstić information content (AvgIpc) is 3.40. The van der Waals surface area contributed by atoms with Gasteiger partial charge in [-0.25, -0.2) is 17.5 Å². The Kier molecular flexibility index (Phi) is 9.99. The van der Waals surface area contributed by atoms with Gasteiger partial charge in [0.2, 0.25) is 0 Å². The van der Waals surface area contributed by atoms with Crippen LogP contribution in [0.5, 0.6) is 28.7 Å². The Morgan fingerprint density at radius 3 is 2.31 bits per heavy atom. The molecule has 0 spiro atoms. The molecule has 1 heterocycles. The Morgan fingerprint density at radius 1 is 0.867 bits per heavy atom. The van der Waals surface area contributed by atoms with E-state index in [1.54, 1.807) is 24.3 Å². The fourth-order valence-electron chi connectivity index (χ4n) is 5.13. The lowest BCUT2D eigenvalue weighted by atomic mass is 10.1. The summed E-state index contributed by atoms with van der Waals surface area (Å²) < 4.78 is 56.8. The smallest absolute Gasteiger partial charge is 0.493 e. The van der Waals surface area contributed by atoms with Crippen LogP contribution < -0.4 is 23.3 Å². The second kappa shape index (κ2) is 14.3. The molecule has 4 aromatic carbocycles. The molecule has 1 atom stereocenters. The van der Waals surface area contributed by atoms with Crippen molar-refractivity contribution in [3.05, 3.63) is 102 Å². The first-order valence-electron chi connectivity index (χ1n) is 14.6. The zero-order chi connectivity index (χ0) is 31.8. The topological polar surface area (TPSA) is 121 Å². The van der Waals surface area contributed by atoms with Crippen molar-refractivity contribution in [1.29, 1.82) is 0 Å². The van der Waals surface area contributed by atoms with Crippen molar-refractivity contribution in [1.82, 2.24) is 0 Å². The molecule has 4 aromatic rings. The number of fused-ring (bicyclic) bond motifs is 1. The molecule has 45 heavy (non-hydrogen) atoms. The van der Waals surface area contributed by atoms with Crippen LogP contribution in [0.3, 0.4) is 0 Å². The van der Waals surface area contributed by atoms with Crippen molar-refractivity contribution in [2.45, 2.75) is 43.7 Å². The monoisotopic (exact) mass is 633 g/mol. The minimum atomic E-state index is -4.21. The molecule has 11 heteroatoms. The molecule has 1 N–H and O–H groups in total. The van der Waals surface area contributed by atoms with E-state index in [0.717, 1.165) is 40.0 Å². The normalized spacial score (nSPS) is 14.0. The van der Waals surface area contributed by atoms with Crippen LogP contribution in [0.4, 0.5) is 10.5 Å². The summed E-state index contributed by atoms with van der Waals surface area (Å²) in [5.41, 5.74) is 2.09. The minimum Gasteiger partial charge on any atom is -0.493 e. The van der Waals surface area contributed by atoms with E-state index in [2.05, 4.69) is 6.92 Å². The van der Waals surface area contributed by atoms with Crippen LogP contribution in [-0.4, -0.2) is 46.2 Å². The van der Waals surface area contributed by atoms with Crippen molar-refractivity contribution >= 4 is 21.9 Å². The Hall–Kier alpha value is -4.90. The number of benzene rings is 4. The first-order chi connectivity index (χ1) is 21.8. The number of sulfonamides is 1. The highest BCUT2D eigenvalue weighted by atomic mass is 32.2. The third kappa shape index (κ3) is 7.43. The highest BCUT2D eigenvalue weighted by molar-refractivity contribution is 7.92. The molecule has 236 valence electrons. The number of aryl methyl sites for hydroxylation is 1. The maximum absolute atomic E-state index is 13.7. The number of hydrogen-bond acceptors (Lipinski definition) is 8. The van der Waals surface area contributed by atoms with Crippen LogP contribution >= 0.6 is 0 Å². The fraction of sp³-hybridized carbons (Fsp3) is 0.265. The molecule has 0 saturated carbocycles. The molecular formula is C34H35NO9S. The van der Waals surface area contributed by atoms with Crippen LogP contribution in [-0.2, 0) is 27.6 Å². The molecule has 0 radical (unpaired) electrons. The molecule has 0 aromatic heterocycles. The SMILES string of the molecule is CCCc1cc(Oc2ccccc2)ccc1OCCCOc1ccc(S(=O)(=O)N2c3ccccc3C[C@H]2OC(=O)O)cc1OC. The van der Waals surface area contributed by atoms with Crippen molar-refractivity contribution in [2.24, 2.45) is 0 Å². The van der Waals surface area contributed by atoms with E-state index in [0.29, 0.717) is 36.6 Å². The van der Waals surface area contributed by atoms with E-state index in [9.17, 15) is 18.3 Å². The van der Waals surface area contributed by atoms with Gasteiger partial charge in [0.1, 0.15) is 17.2 Å². The third-order valence-electron chi connectivity index (χ3n) is 7.15. The Morgan fingerprint density at radius 2 is 1.58 bits per heavy atom. The largest absolute Gasteiger partial charge is 0.507 e. The van der Waals surface area contributed by atoms with E-state index >= 15 is 0 Å². The summed E-state index contributed by atoms with van der Waals surface area (Å²) in [5.74, 6) is 2.89. The first kappa shape index (κ1) is 31.5. The molecule has 0 aliphatic carbocycles. The van der Waals surface area contributed by atoms with Crippen molar-refractivity contribution in [3.8, 4) is 28.7 Å². The average molecular weight is 634 g/mol. The molecule has 0 amide bonds. The summed E-state index contributed by atoms with van der Waals surface area (Å²) in [6.07, 6.45) is -0.316. The van der Waals surface area contributed by atoms with Gasteiger partial charge in [0.05, 0.1) is 30.9 Å². The van der Waals surface area contributed by atoms with Gasteiger partial charge in [-0.2, -0.15) is 0 Å². The maximum Gasteiger partial charge on any atom is 0.507 e. The number of hydrogen-bond donors (Lipinski definition) is 1. The lowest BCUT2D eigenvalue weighted by Gasteiger charge is -2.26. The number of anilines is 1. The van der Waals surface area contributed by atoms with Crippen LogP contribution in [0.1, 0.15) is 30.9 Å². The standard InChI is InChI=1S/C34H35NO9S/c1-3-10-25-21-27(43-26-12-5-4-6-13-26)15-17-30(25)41-19-9-20-42-31-18-16-28(23-32(31)40-2)45(38,39)35-29-14-8-7-11-24(29)22-33(35)44-34(36)37/h4-8,11-18,21,23,33H,3,9-10,19-20,22H2,1-2H3,(H,36,37)/t33-/m1/s1. The highest BCUT2D eigenvalue weighted by Gasteiger charge is 2.41.